The lowest BCUT2D eigenvalue weighted by molar-refractivity contribution is -0.647. The monoisotopic (exact) mass is 413 g/mol. The van der Waals surface area contributed by atoms with Crippen LogP contribution in [-0.2, 0) is 7.05 Å². The molecular formula is C26H29N4O+. The van der Waals surface area contributed by atoms with E-state index in [1.807, 2.05) is 13.0 Å². The molecule has 5 heteroatoms. The van der Waals surface area contributed by atoms with Gasteiger partial charge < -0.3 is 9.32 Å². The number of pyridine rings is 2. The van der Waals surface area contributed by atoms with E-state index in [1.165, 1.54) is 5.56 Å². The molecule has 1 unspecified atom stereocenters. The number of furan rings is 1. The zero-order valence-electron chi connectivity index (χ0n) is 19.0. The molecule has 1 atom stereocenters. The summed E-state index contributed by atoms with van der Waals surface area (Å²) in [6.07, 6.45) is 4.61. The van der Waals surface area contributed by atoms with E-state index in [9.17, 15) is 0 Å². The lowest BCUT2D eigenvalue weighted by Gasteiger charge is -2.28. The fraction of sp³-hybridized carbons (Fsp3) is 0.308. The zero-order valence-corrected chi connectivity index (χ0v) is 19.0. The van der Waals surface area contributed by atoms with Crippen molar-refractivity contribution < 1.29 is 8.98 Å². The first-order valence-corrected chi connectivity index (χ1v) is 10.9. The molecule has 0 aliphatic carbocycles. The van der Waals surface area contributed by atoms with Crippen molar-refractivity contribution in [1.29, 1.82) is 0 Å². The minimum atomic E-state index is 0.261. The molecule has 4 heterocycles. The highest BCUT2D eigenvalue weighted by Crippen LogP contribution is 2.37. The third kappa shape index (κ3) is 2.99. The summed E-state index contributed by atoms with van der Waals surface area (Å²) in [5.41, 5.74) is 5.99. The Morgan fingerprint density at radius 2 is 1.77 bits per heavy atom. The van der Waals surface area contributed by atoms with E-state index in [1.54, 1.807) is 0 Å². The summed E-state index contributed by atoms with van der Waals surface area (Å²) in [5.74, 6) is 1.14. The molecule has 4 aromatic rings. The van der Waals surface area contributed by atoms with Crippen molar-refractivity contribution in [1.82, 2.24) is 9.88 Å². The molecule has 1 aliphatic heterocycles. The first kappa shape index (κ1) is 19.6. The quantitative estimate of drug-likeness (QED) is 0.419. The smallest absolute Gasteiger partial charge is 0.283 e. The first-order chi connectivity index (χ1) is 14.9. The van der Waals surface area contributed by atoms with Crippen LogP contribution in [0.25, 0.3) is 33.3 Å². The topological polar surface area (TPSA) is 36.4 Å². The molecule has 0 spiro atoms. The minimum absolute atomic E-state index is 0.261. The van der Waals surface area contributed by atoms with E-state index in [0.29, 0.717) is 11.8 Å². The number of hydrogen-bond acceptors (Lipinski definition) is 4. The standard InChI is InChI=1S/C26H29N4O/c1-16(2)29-14-15-30(19(29)5)23-9-7-8-22(28(23)6)24-17(3)10-12-20-21-13-11-18(4)27-26(21)31-25(20)24/h7-16,19H,1-6H3/q+1. The van der Waals surface area contributed by atoms with Gasteiger partial charge in [0.2, 0.25) is 5.71 Å². The lowest BCUT2D eigenvalue weighted by atomic mass is 10.0. The molecule has 0 radical (unpaired) electrons. The van der Waals surface area contributed by atoms with Gasteiger partial charge >= 0.3 is 0 Å². The van der Waals surface area contributed by atoms with Gasteiger partial charge in [0.05, 0.1) is 12.6 Å². The maximum Gasteiger partial charge on any atom is 0.283 e. The molecule has 0 N–H and O–H groups in total. The Bertz CT molecular complexity index is 1330. The summed E-state index contributed by atoms with van der Waals surface area (Å²) >= 11 is 0. The number of benzene rings is 1. The molecular weight excluding hydrogens is 384 g/mol. The Balaban J connectivity index is 1.70. The summed E-state index contributed by atoms with van der Waals surface area (Å²) in [6, 6.07) is 15.4. The van der Waals surface area contributed by atoms with Gasteiger partial charge in [0.25, 0.3) is 5.82 Å². The van der Waals surface area contributed by atoms with Gasteiger partial charge in [-0.15, -0.1) is 0 Å². The molecule has 0 amide bonds. The number of fused-ring (bicyclic) bond motifs is 3. The van der Waals surface area contributed by atoms with Crippen molar-refractivity contribution in [3.8, 4) is 11.3 Å². The van der Waals surface area contributed by atoms with Crippen molar-refractivity contribution in [2.75, 3.05) is 4.90 Å². The summed E-state index contributed by atoms with van der Waals surface area (Å²) in [5, 5.41) is 2.17. The van der Waals surface area contributed by atoms with E-state index in [4.69, 9.17) is 4.42 Å². The van der Waals surface area contributed by atoms with Crippen LogP contribution in [-0.4, -0.2) is 22.1 Å². The van der Waals surface area contributed by atoms with Crippen LogP contribution < -0.4 is 9.47 Å². The molecule has 158 valence electrons. The van der Waals surface area contributed by atoms with E-state index in [-0.39, 0.29) is 6.17 Å². The number of aromatic nitrogens is 2. The van der Waals surface area contributed by atoms with Crippen molar-refractivity contribution in [3.63, 3.8) is 0 Å². The number of rotatable bonds is 3. The van der Waals surface area contributed by atoms with Crippen LogP contribution in [0.2, 0.25) is 0 Å². The fourth-order valence-electron chi connectivity index (χ4n) is 4.73. The van der Waals surface area contributed by atoms with Crippen molar-refractivity contribution >= 4 is 27.9 Å². The van der Waals surface area contributed by atoms with Gasteiger partial charge in [-0.05, 0) is 64.4 Å². The second-order valence-corrected chi connectivity index (χ2v) is 8.75. The van der Waals surface area contributed by atoms with Gasteiger partial charge in [-0.25, -0.2) is 14.5 Å². The molecule has 0 bridgehead atoms. The Labute approximate surface area is 183 Å². The molecule has 3 aromatic heterocycles. The van der Waals surface area contributed by atoms with Gasteiger partial charge in [-0.2, -0.15) is 0 Å². The van der Waals surface area contributed by atoms with Crippen LogP contribution in [0.1, 0.15) is 32.0 Å². The van der Waals surface area contributed by atoms with E-state index in [0.717, 1.165) is 39.1 Å². The van der Waals surface area contributed by atoms with Crippen molar-refractivity contribution in [3.05, 3.63) is 66.1 Å². The summed E-state index contributed by atoms with van der Waals surface area (Å²) < 4.78 is 8.59. The summed E-state index contributed by atoms with van der Waals surface area (Å²) in [6.45, 7) is 10.8. The third-order valence-electron chi connectivity index (χ3n) is 6.41. The molecule has 0 saturated carbocycles. The highest BCUT2D eigenvalue weighted by Gasteiger charge is 2.33. The largest absolute Gasteiger partial charge is 0.437 e. The number of aryl methyl sites for hydroxylation is 2. The van der Waals surface area contributed by atoms with E-state index in [2.05, 4.69) is 103 Å². The Kier molecular flexibility index (Phi) is 4.50. The molecule has 0 saturated heterocycles. The van der Waals surface area contributed by atoms with Crippen molar-refractivity contribution in [2.24, 2.45) is 7.05 Å². The van der Waals surface area contributed by atoms with Crippen LogP contribution in [0, 0.1) is 13.8 Å². The Morgan fingerprint density at radius 1 is 1.00 bits per heavy atom. The molecule has 1 aromatic carbocycles. The van der Waals surface area contributed by atoms with Gasteiger partial charge in [-0.1, -0.05) is 12.1 Å². The van der Waals surface area contributed by atoms with Crippen LogP contribution in [0.3, 0.4) is 0 Å². The Morgan fingerprint density at radius 3 is 2.52 bits per heavy atom. The number of anilines is 1. The molecule has 5 nitrogen and oxygen atoms in total. The fourth-order valence-corrected chi connectivity index (χ4v) is 4.73. The highest BCUT2D eigenvalue weighted by atomic mass is 16.3. The third-order valence-corrected chi connectivity index (χ3v) is 6.41. The van der Waals surface area contributed by atoms with Gasteiger partial charge in [0, 0.05) is 34.8 Å². The average molecular weight is 414 g/mol. The predicted molar refractivity (Wildman–Crippen MR) is 126 cm³/mol. The minimum Gasteiger partial charge on any atom is -0.437 e. The normalized spacial score (nSPS) is 16.4. The average Bonchev–Trinajstić information content (AvgIpc) is 3.28. The number of nitrogens with zero attached hydrogens (tertiary/aromatic N) is 4. The highest BCUT2D eigenvalue weighted by molar-refractivity contribution is 6.08. The van der Waals surface area contributed by atoms with Crippen LogP contribution >= 0.6 is 0 Å². The SMILES string of the molecule is Cc1ccc2c(n1)oc1c(-c3cccc(N4C=CN(C(C)C)C4C)[n+]3C)c(C)ccc12. The molecule has 31 heavy (non-hydrogen) atoms. The first-order valence-electron chi connectivity index (χ1n) is 10.9. The summed E-state index contributed by atoms with van der Waals surface area (Å²) in [7, 11) is 2.13. The number of hydrogen-bond donors (Lipinski definition) is 0. The van der Waals surface area contributed by atoms with E-state index >= 15 is 0 Å². The van der Waals surface area contributed by atoms with Gasteiger partial charge in [-0.3, -0.25) is 0 Å². The van der Waals surface area contributed by atoms with Crippen LogP contribution in [0.4, 0.5) is 5.82 Å². The Hall–Kier alpha value is -3.34. The second kappa shape index (κ2) is 7.12. The molecule has 0 fully saturated rings. The van der Waals surface area contributed by atoms with Crippen LogP contribution in [0.15, 0.2) is 59.3 Å². The van der Waals surface area contributed by atoms with Gasteiger partial charge in [0.15, 0.2) is 6.17 Å². The van der Waals surface area contributed by atoms with Crippen molar-refractivity contribution in [2.45, 2.75) is 46.8 Å². The maximum atomic E-state index is 6.33. The second-order valence-electron chi connectivity index (χ2n) is 8.75. The van der Waals surface area contributed by atoms with Gasteiger partial charge in [0.1, 0.15) is 17.5 Å². The molecule has 5 rings (SSSR count). The lowest BCUT2D eigenvalue weighted by Crippen LogP contribution is -2.45. The summed E-state index contributed by atoms with van der Waals surface area (Å²) in [4.78, 5) is 9.31. The zero-order chi connectivity index (χ0) is 21.9. The molecule has 1 aliphatic rings. The predicted octanol–water partition coefficient (Wildman–Crippen LogP) is 5.44. The van der Waals surface area contributed by atoms with Crippen LogP contribution in [0.5, 0.6) is 0 Å². The van der Waals surface area contributed by atoms with E-state index < -0.39 is 0 Å². The maximum absolute atomic E-state index is 6.33.